The van der Waals surface area contributed by atoms with E-state index in [0.717, 1.165) is 33.0 Å². The minimum absolute atomic E-state index is 0.0509. The molecular weight excluding hydrogens is 378 g/mol. The number of fused-ring (bicyclic) bond motifs is 2. The monoisotopic (exact) mass is 397 g/mol. The van der Waals surface area contributed by atoms with E-state index in [1.807, 2.05) is 71.6 Å². The minimum Gasteiger partial charge on any atom is -0.315 e. The maximum absolute atomic E-state index is 13.0. The van der Waals surface area contributed by atoms with Crippen molar-refractivity contribution in [3.63, 3.8) is 0 Å². The Hall–Kier alpha value is -3.44. The smallest absolute Gasteiger partial charge is 0.232 e. The second-order valence-corrected chi connectivity index (χ2v) is 7.87. The Kier molecular flexibility index (Phi) is 4.37. The number of thiazole rings is 1. The van der Waals surface area contributed by atoms with Crippen LogP contribution in [0.5, 0.6) is 0 Å². The molecule has 1 amide bonds. The van der Waals surface area contributed by atoms with Crippen molar-refractivity contribution in [1.82, 2.24) is 9.38 Å². The van der Waals surface area contributed by atoms with Gasteiger partial charge in [-0.2, -0.15) is 0 Å². The van der Waals surface area contributed by atoms with Crippen molar-refractivity contribution >= 4 is 38.7 Å². The van der Waals surface area contributed by atoms with E-state index in [-0.39, 0.29) is 5.91 Å². The van der Waals surface area contributed by atoms with Crippen molar-refractivity contribution in [2.75, 3.05) is 11.9 Å². The van der Waals surface area contributed by atoms with Gasteiger partial charge in [0.25, 0.3) is 0 Å². The standard InChI is InChI=1S/C24H19N3OS/c1-26(20-12-11-17-7-5-6-10-19(17)13-20)23(28)14-21-16-29-24-25-22(15-27(21)24)18-8-3-2-4-9-18/h2-13,15-16H,14H2,1H3. The predicted octanol–water partition coefficient (Wildman–Crippen LogP) is 5.42. The molecule has 0 N–H and O–H groups in total. The largest absolute Gasteiger partial charge is 0.315 e. The lowest BCUT2D eigenvalue weighted by Gasteiger charge is -2.18. The molecule has 142 valence electrons. The van der Waals surface area contributed by atoms with E-state index < -0.39 is 0 Å². The van der Waals surface area contributed by atoms with Gasteiger partial charge in [0.05, 0.1) is 12.1 Å². The van der Waals surface area contributed by atoms with Crippen molar-refractivity contribution < 1.29 is 4.79 Å². The number of rotatable bonds is 4. The first kappa shape index (κ1) is 17.6. The first-order valence-electron chi connectivity index (χ1n) is 9.45. The molecule has 0 saturated heterocycles. The highest BCUT2D eigenvalue weighted by Gasteiger charge is 2.16. The van der Waals surface area contributed by atoms with Crippen LogP contribution in [0.2, 0.25) is 0 Å². The predicted molar refractivity (Wildman–Crippen MR) is 120 cm³/mol. The van der Waals surface area contributed by atoms with E-state index in [9.17, 15) is 4.79 Å². The first-order valence-corrected chi connectivity index (χ1v) is 10.3. The van der Waals surface area contributed by atoms with Gasteiger partial charge in [-0.05, 0) is 22.9 Å². The van der Waals surface area contributed by atoms with E-state index in [1.54, 1.807) is 16.2 Å². The van der Waals surface area contributed by atoms with Gasteiger partial charge in [-0.25, -0.2) is 4.98 Å². The summed E-state index contributed by atoms with van der Waals surface area (Å²) in [5.41, 5.74) is 3.86. The quantitative estimate of drug-likeness (QED) is 0.406. The molecule has 0 spiro atoms. The molecule has 0 bridgehead atoms. The highest BCUT2D eigenvalue weighted by atomic mass is 32.1. The van der Waals surface area contributed by atoms with Crippen molar-refractivity contribution in [3.8, 4) is 11.3 Å². The summed E-state index contributed by atoms with van der Waals surface area (Å²) >= 11 is 1.56. The SMILES string of the molecule is CN(C(=O)Cc1csc2nc(-c3ccccc3)cn12)c1ccc2ccccc2c1. The summed E-state index contributed by atoms with van der Waals surface area (Å²) in [5, 5.41) is 4.32. The third-order valence-corrected chi connectivity index (χ3v) is 6.07. The molecule has 5 aromatic rings. The van der Waals surface area contributed by atoms with Gasteiger partial charge in [0.1, 0.15) is 0 Å². The molecule has 0 saturated carbocycles. The van der Waals surface area contributed by atoms with E-state index in [1.165, 1.54) is 5.39 Å². The summed E-state index contributed by atoms with van der Waals surface area (Å²) in [6.45, 7) is 0. The van der Waals surface area contributed by atoms with Crippen LogP contribution in [0, 0.1) is 0 Å². The molecule has 0 unspecified atom stereocenters. The van der Waals surface area contributed by atoms with Crippen LogP contribution in [-0.2, 0) is 11.2 Å². The Morgan fingerprint density at radius 3 is 2.59 bits per heavy atom. The summed E-state index contributed by atoms with van der Waals surface area (Å²) in [7, 11) is 1.83. The number of carbonyl (C=O) groups excluding carboxylic acids is 1. The zero-order valence-electron chi connectivity index (χ0n) is 15.9. The van der Waals surface area contributed by atoms with Crippen LogP contribution in [0.3, 0.4) is 0 Å². The molecule has 0 aliphatic carbocycles. The highest BCUT2D eigenvalue weighted by molar-refractivity contribution is 7.15. The van der Waals surface area contributed by atoms with E-state index >= 15 is 0 Å². The summed E-state index contributed by atoms with van der Waals surface area (Å²) in [5.74, 6) is 0.0509. The summed E-state index contributed by atoms with van der Waals surface area (Å²) in [4.78, 5) is 20.3. The van der Waals surface area contributed by atoms with Crippen molar-refractivity contribution in [3.05, 3.63) is 90.1 Å². The molecule has 5 heteroatoms. The Labute approximate surface area is 172 Å². The zero-order valence-corrected chi connectivity index (χ0v) is 16.8. The normalized spacial score (nSPS) is 11.2. The van der Waals surface area contributed by atoms with Gasteiger partial charge in [-0.1, -0.05) is 60.7 Å². The fourth-order valence-electron chi connectivity index (χ4n) is 3.51. The van der Waals surface area contributed by atoms with E-state index in [0.29, 0.717) is 6.42 Å². The van der Waals surface area contributed by atoms with Crippen LogP contribution < -0.4 is 4.90 Å². The number of carbonyl (C=O) groups is 1. The lowest BCUT2D eigenvalue weighted by Crippen LogP contribution is -2.28. The van der Waals surface area contributed by atoms with Gasteiger partial charge in [0, 0.05) is 35.6 Å². The Bertz CT molecular complexity index is 1320. The van der Waals surface area contributed by atoms with Crippen LogP contribution in [0.15, 0.2) is 84.4 Å². The topological polar surface area (TPSA) is 37.6 Å². The van der Waals surface area contributed by atoms with Crippen LogP contribution >= 0.6 is 11.3 Å². The molecule has 2 heterocycles. The molecule has 0 aliphatic rings. The van der Waals surface area contributed by atoms with Gasteiger partial charge < -0.3 is 4.90 Å². The molecule has 0 fully saturated rings. The number of amides is 1. The molecule has 0 atom stereocenters. The molecule has 2 aromatic heterocycles. The van der Waals surface area contributed by atoms with Crippen LogP contribution in [0.4, 0.5) is 5.69 Å². The number of hydrogen-bond acceptors (Lipinski definition) is 3. The van der Waals surface area contributed by atoms with Crippen LogP contribution in [0.25, 0.3) is 27.0 Å². The summed E-state index contributed by atoms with van der Waals surface area (Å²) < 4.78 is 2.03. The fourth-order valence-corrected chi connectivity index (χ4v) is 4.38. The first-order chi connectivity index (χ1) is 14.2. The third-order valence-electron chi connectivity index (χ3n) is 5.18. The van der Waals surface area contributed by atoms with E-state index in [4.69, 9.17) is 4.98 Å². The molecule has 0 radical (unpaired) electrons. The molecule has 29 heavy (non-hydrogen) atoms. The second kappa shape index (κ2) is 7.18. The lowest BCUT2D eigenvalue weighted by molar-refractivity contribution is -0.117. The number of nitrogens with zero attached hydrogens (tertiary/aromatic N) is 3. The molecule has 5 rings (SSSR count). The average molecular weight is 398 g/mol. The Balaban J connectivity index is 1.41. The fraction of sp³-hybridized carbons (Fsp3) is 0.0833. The number of benzene rings is 3. The van der Waals surface area contributed by atoms with Crippen LogP contribution in [-0.4, -0.2) is 22.3 Å². The van der Waals surface area contributed by atoms with Crippen molar-refractivity contribution in [2.24, 2.45) is 0 Å². The van der Waals surface area contributed by atoms with E-state index in [2.05, 4.69) is 24.3 Å². The molecule has 4 nitrogen and oxygen atoms in total. The maximum atomic E-state index is 13.0. The highest BCUT2D eigenvalue weighted by Crippen LogP contribution is 2.25. The maximum Gasteiger partial charge on any atom is 0.232 e. The average Bonchev–Trinajstić information content (AvgIpc) is 3.35. The number of anilines is 1. The number of imidazole rings is 1. The Morgan fingerprint density at radius 1 is 1.00 bits per heavy atom. The van der Waals surface area contributed by atoms with Gasteiger partial charge in [0.2, 0.25) is 5.91 Å². The number of likely N-dealkylation sites (N-methyl/N-ethyl adjacent to an activating group) is 1. The minimum atomic E-state index is 0.0509. The van der Waals surface area contributed by atoms with Gasteiger partial charge in [-0.3, -0.25) is 9.20 Å². The lowest BCUT2D eigenvalue weighted by atomic mass is 10.1. The Morgan fingerprint density at radius 2 is 1.76 bits per heavy atom. The van der Waals surface area contributed by atoms with Gasteiger partial charge in [0.15, 0.2) is 4.96 Å². The molecule has 0 aliphatic heterocycles. The second-order valence-electron chi connectivity index (χ2n) is 7.03. The zero-order chi connectivity index (χ0) is 19.8. The van der Waals surface area contributed by atoms with Crippen molar-refractivity contribution in [2.45, 2.75) is 6.42 Å². The summed E-state index contributed by atoms with van der Waals surface area (Å²) in [6, 6.07) is 24.4. The molecule has 3 aromatic carbocycles. The number of hydrogen-bond donors (Lipinski definition) is 0. The van der Waals surface area contributed by atoms with Gasteiger partial charge >= 0.3 is 0 Å². The van der Waals surface area contributed by atoms with Gasteiger partial charge in [-0.15, -0.1) is 11.3 Å². The third kappa shape index (κ3) is 3.30. The van der Waals surface area contributed by atoms with Crippen LogP contribution in [0.1, 0.15) is 5.69 Å². The summed E-state index contributed by atoms with van der Waals surface area (Å²) in [6.07, 6.45) is 2.34. The number of aromatic nitrogens is 2. The molecular formula is C24H19N3OS. The van der Waals surface area contributed by atoms with Crippen molar-refractivity contribution in [1.29, 1.82) is 0 Å².